The molecular weight excluding hydrogens is 458 g/mol. The van der Waals surface area contributed by atoms with Crippen LogP contribution in [0.4, 0.5) is 0 Å². The van der Waals surface area contributed by atoms with E-state index in [4.69, 9.17) is 14.2 Å². The zero-order chi connectivity index (χ0) is 25.0. The number of amides is 2. The topological polar surface area (TPSA) is 84.1 Å². The van der Waals surface area contributed by atoms with Crippen LogP contribution in [-0.4, -0.2) is 66.6 Å². The molecule has 8 heteroatoms. The summed E-state index contributed by atoms with van der Waals surface area (Å²) >= 11 is 0. The van der Waals surface area contributed by atoms with Crippen molar-refractivity contribution in [3.63, 3.8) is 0 Å². The molecule has 3 heterocycles. The molecule has 1 aromatic heterocycles. The monoisotopic (exact) mass is 489 g/mol. The molecule has 3 aliphatic rings. The van der Waals surface area contributed by atoms with E-state index >= 15 is 0 Å². The third-order valence-electron chi connectivity index (χ3n) is 8.06. The molecule has 0 radical (unpaired) electrons. The predicted molar refractivity (Wildman–Crippen MR) is 135 cm³/mol. The highest BCUT2D eigenvalue weighted by Gasteiger charge is 2.50. The average molecular weight is 490 g/mol. The van der Waals surface area contributed by atoms with Crippen LogP contribution >= 0.6 is 0 Å². The maximum absolute atomic E-state index is 13.9. The molecule has 6 rings (SSSR count). The zero-order valence-electron chi connectivity index (χ0n) is 20.9. The van der Waals surface area contributed by atoms with Gasteiger partial charge in [-0.05, 0) is 42.2 Å². The molecule has 2 fully saturated rings. The second kappa shape index (κ2) is 8.76. The number of methoxy groups -OCH3 is 3. The van der Waals surface area contributed by atoms with Gasteiger partial charge in [-0.3, -0.25) is 9.59 Å². The third kappa shape index (κ3) is 3.34. The van der Waals surface area contributed by atoms with E-state index in [1.54, 1.807) is 26.2 Å². The Morgan fingerprint density at radius 3 is 2.31 bits per heavy atom. The van der Waals surface area contributed by atoms with Crippen molar-refractivity contribution in [3.8, 4) is 17.2 Å². The van der Waals surface area contributed by atoms with Gasteiger partial charge in [0.2, 0.25) is 17.6 Å². The Morgan fingerprint density at radius 1 is 0.944 bits per heavy atom. The van der Waals surface area contributed by atoms with Crippen LogP contribution in [0.1, 0.15) is 48.5 Å². The van der Waals surface area contributed by atoms with Crippen LogP contribution in [-0.2, 0) is 16.0 Å². The number of aromatic amines is 1. The van der Waals surface area contributed by atoms with E-state index in [9.17, 15) is 9.59 Å². The minimum atomic E-state index is -0.553. The SMILES string of the molecule is COc1cc([C@@H]2c3[nH]c4ccccc4c3C[C@@H]3C(=O)N(C4CCCC4)CC(=O)N23)cc(OC)c1OC. The number of ether oxygens (including phenoxy) is 3. The summed E-state index contributed by atoms with van der Waals surface area (Å²) in [4.78, 5) is 35.0. The maximum Gasteiger partial charge on any atom is 0.246 e. The van der Waals surface area contributed by atoms with E-state index < -0.39 is 12.1 Å². The minimum Gasteiger partial charge on any atom is -0.493 e. The molecule has 8 nitrogen and oxygen atoms in total. The fourth-order valence-electron chi connectivity index (χ4n) is 6.42. The second-order valence-electron chi connectivity index (χ2n) is 9.85. The van der Waals surface area contributed by atoms with Gasteiger partial charge in [-0.1, -0.05) is 31.0 Å². The zero-order valence-corrected chi connectivity index (χ0v) is 20.9. The van der Waals surface area contributed by atoms with Crippen molar-refractivity contribution in [3.05, 3.63) is 53.2 Å². The minimum absolute atomic E-state index is 0.0328. The molecule has 1 saturated carbocycles. The summed E-state index contributed by atoms with van der Waals surface area (Å²) in [5.74, 6) is 1.52. The van der Waals surface area contributed by atoms with Crippen molar-refractivity contribution in [2.24, 2.45) is 0 Å². The number of piperazine rings is 1. The van der Waals surface area contributed by atoms with Crippen molar-refractivity contribution in [2.45, 2.75) is 50.2 Å². The van der Waals surface area contributed by atoms with E-state index in [1.807, 2.05) is 35.2 Å². The molecule has 2 aliphatic heterocycles. The highest BCUT2D eigenvalue weighted by Crippen LogP contribution is 2.47. The molecule has 188 valence electrons. The van der Waals surface area contributed by atoms with E-state index in [2.05, 4.69) is 11.1 Å². The first-order chi connectivity index (χ1) is 17.5. The molecule has 0 unspecified atom stereocenters. The van der Waals surface area contributed by atoms with E-state index in [0.717, 1.165) is 53.4 Å². The van der Waals surface area contributed by atoms with Gasteiger partial charge in [-0.15, -0.1) is 0 Å². The molecule has 2 atom stereocenters. The maximum atomic E-state index is 13.9. The number of rotatable bonds is 5. The standard InChI is InChI=1S/C28H31N3O5/c1-34-22-12-16(13-23(35-2)27(22)36-3)26-25-19(18-10-6-7-11-20(18)29-25)14-21-28(33)30(15-24(32)31(21)26)17-8-4-5-9-17/h6-7,10-13,17,21,26,29H,4-5,8-9,14-15H2,1-3H3/t21-,26-/m1/s1. The molecule has 36 heavy (non-hydrogen) atoms. The second-order valence-corrected chi connectivity index (χ2v) is 9.85. The quantitative estimate of drug-likeness (QED) is 0.589. The van der Waals surface area contributed by atoms with Gasteiger partial charge < -0.3 is 29.0 Å². The smallest absolute Gasteiger partial charge is 0.246 e. The van der Waals surface area contributed by atoms with Gasteiger partial charge in [0.15, 0.2) is 11.5 Å². The summed E-state index contributed by atoms with van der Waals surface area (Å²) in [5.41, 5.74) is 3.81. The number of carbonyl (C=O) groups is 2. The highest BCUT2D eigenvalue weighted by atomic mass is 16.5. The van der Waals surface area contributed by atoms with E-state index in [-0.39, 0.29) is 24.4 Å². The van der Waals surface area contributed by atoms with Gasteiger partial charge >= 0.3 is 0 Å². The molecule has 0 bridgehead atoms. The molecule has 2 amide bonds. The number of fused-ring (bicyclic) bond motifs is 4. The summed E-state index contributed by atoms with van der Waals surface area (Å²) in [6.45, 7) is 0.122. The van der Waals surface area contributed by atoms with Gasteiger partial charge in [0, 0.05) is 29.1 Å². The normalized spacial score (nSPS) is 22.1. The van der Waals surface area contributed by atoms with Crippen LogP contribution in [0.2, 0.25) is 0 Å². The van der Waals surface area contributed by atoms with Gasteiger partial charge in [-0.2, -0.15) is 0 Å². The number of para-hydroxylation sites is 1. The van der Waals surface area contributed by atoms with Crippen LogP contribution in [0.5, 0.6) is 17.2 Å². The molecule has 0 spiro atoms. The lowest BCUT2D eigenvalue weighted by Gasteiger charge is -2.48. The number of aromatic nitrogens is 1. The number of carbonyl (C=O) groups excluding carboxylic acids is 2. The van der Waals surface area contributed by atoms with Crippen molar-refractivity contribution in [1.82, 2.24) is 14.8 Å². The average Bonchev–Trinajstić information content (AvgIpc) is 3.57. The lowest BCUT2D eigenvalue weighted by molar-refractivity contribution is -0.160. The first-order valence-electron chi connectivity index (χ1n) is 12.6. The van der Waals surface area contributed by atoms with Crippen molar-refractivity contribution in [1.29, 1.82) is 0 Å². The fourth-order valence-corrected chi connectivity index (χ4v) is 6.42. The number of H-pyrrole nitrogens is 1. The molecule has 3 aromatic rings. The molecule has 1 saturated heterocycles. The molecule has 2 aromatic carbocycles. The van der Waals surface area contributed by atoms with Crippen molar-refractivity contribution < 1.29 is 23.8 Å². The van der Waals surface area contributed by atoms with E-state index in [1.165, 1.54) is 0 Å². The summed E-state index contributed by atoms with van der Waals surface area (Å²) in [6.07, 6.45) is 4.66. The van der Waals surface area contributed by atoms with Gasteiger partial charge in [0.1, 0.15) is 12.6 Å². The number of nitrogens with one attached hydrogen (secondary N) is 1. The Kier molecular flexibility index (Phi) is 5.54. The number of hydrogen-bond acceptors (Lipinski definition) is 5. The summed E-state index contributed by atoms with van der Waals surface area (Å²) in [6, 6.07) is 11.0. The first kappa shape index (κ1) is 22.8. The number of benzene rings is 2. The van der Waals surface area contributed by atoms with Crippen LogP contribution in [0.3, 0.4) is 0 Å². The van der Waals surface area contributed by atoms with Crippen LogP contribution in [0.15, 0.2) is 36.4 Å². The Morgan fingerprint density at radius 2 is 1.64 bits per heavy atom. The molecular formula is C28H31N3O5. The van der Waals surface area contributed by atoms with Crippen LogP contribution in [0, 0.1) is 0 Å². The summed E-state index contributed by atoms with van der Waals surface area (Å²) < 4.78 is 16.8. The van der Waals surface area contributed by atoms with Crippen LogP contribution in [0.25, 0.3) is 10.9 Å². The Hall–Kier alpha value is -3.68. The predicted octanol–water partition coefficient (Wildman–Crippen LogP) is 3.82. The molecule has 1 aliphatic carbocycles. The number of nitrogens with zero attached hydrogens (tertiary/aromatic N) is 2. The van der Waals surface area contributed by atoms with Crippen molar-refractivity contribution in [2.75, 3.05) is 27.9 Å². The first-order valence-corrected chi connectivity index (χ1v) is 12.6. The van der Waals surface area contributed by atoms with E-state index in [0.29, 0.717) is 23.7 Å². The number of hydrogen-bond donors (Lipinski definition) is 1. The summed E-state index contributed by atoms with van der Waals surface area (Å²) in [7, 11) is 4.72. The molecule has 1 N–H and O–H groups in total. The Bertz CT molecular complexity index is 1320. The van der Waals surface area contributed by atoms with Gasteiger partial charge in [0.05, 0.1) is 27.4 Å². The highest BCUT2D eigenvalue weighted by molar-refractivity contribution is 5.98. The van der Waals surface area contributed by atoms with Gasteiger partial charge in [-0.25, -0.2) is 0 Å². The Balaban J connectivity index is 1.54. The largest absolute Gasteiger partial charge is 0.493 e. The van der Waals surface area contributed by atoms with Gasteiger partial charge in [0.25, 0.3) is 0 Å². The van der Waals surface area contributed by atoms with Crippen LogP contribution < -0.4 is 14.2 Å². The lowest BCUT2D eigenvalue weighted by atomic mass is 9.85. The third-order valence-corrected chi connectivity index (χ3v) is 8.06. The van der Waals surface area contributed by atoms with Crippen molar-refractivity contribution >= 4 is 22.7 Å². The lowest BCUT2D eigenvalue weighted by Crippen LogP contribution is -2.64. The summed E-state index contributed by atoms with van der Waals surface area (Å²) in [5, 5.41) is 1.09. The Labute approximate surface area is 210 Å². The fraction of sp³-hybridized carbons (Fsp3) is 0.429.